The third-order valence-electron chi connectivity index (χ3n) is 5.68. The van der Waals surface area contributed by atoms with Gasteiger partial charge in [-0.2, -0.15) is 5.10 Å². The van der Waals surface area contributed by atoms with Crippen LogP contribution in [-0.4, -0.2) is 52.0 Å². The van der Waals surface area contributed by atoms with E-state index in [0.717, 1.165) is 54.1 Å². The topological polar surface area (TPSA) is 85.2 Å². The fourth-order valence-corrected chi connectivity index (χ4v) is 4.86. The van der Waals surface area contributed by atoms with Crippen molar-refractivity contribution < 1.29 is 9.53 Å². The lowest BCUT2D eigenvalue weighted by molar-refractivity contribution is 0.102. The summed E-state index contributed by atoms with van der Waals surface area (Å²) in [6.07, 6.45) is 3.32. The highest BCUT2D eigenvalue weighted by Crippen LogP contribution is 2.29. The van der Waals surface area contributed by atoms with Gasteiger partial charge < -0.3 is 15.0 Å². The molecule has 1 aliphatic rings. The first-order valence-electron chi connectivity index (χ1n) is 11.3. The summed E-state index contributed by atoms with van der Waals surface area (Å²) in [6.45, 7) is 7.30. The Morgan fingerprint density at radius 3 is 2.62 bits per heavy atom. The minimum atomic E-state index is -0.193. The van der Waals surface area contributed by atoms with Crippen LogP contribution >= 0.6 is 11.3 Å². The van der Waals surface area contributed by atoms with E-state index in [1.54, 1.807) is 28.4 Å². The molecule has 8 nitrogen and oxygen atoms in total. The normalized spacial score (nSPS) is 13.9. The Labute approximate surface area is 202 Å². The molecule has 0 aliphatic carbocycles. The molecule has 0 radical (unpaired) electrons. The van der Waals surface area contributed by atoms with Crippen LogP contribution in [0.15, 0.2) is 60.2 Å². The Balaban J connectivity index is 1.31. The number of morpholine rings is 1. The molecule has 1 saturated heterocycles. The average Bonchev–Trinajstić information content (AvgIpc) is 3.54. The molecule has 1 amide bonds. The molecular formula is C25H26N6O2S. The van der Waals surface area contributed by atoms with Crippen LogP contribution in [0.5, 0.6) is 0 Å². The second-order valence-electron chi connectivity index (χ2n) is 8.34. The van der Waals surface area contributed by atoms with Crippen LogP contribution in [0.25, 0.3) is 17.1 Å². The fourth-order valence-electron chi connectivity index (χ4n) is 3.97. The largest absolute Gasteiger partial charge is 0.378 e. The Morgan fingerprint density at radius 1 is 1.12 bits per heavy atom. The molecule has 0 unspecified atom stereocenters. The number of hydrogen-bond acceptors (Lipinski definition) is 7. The summed E-state index contributed by atoms with van der Waals surface area (Å²) in [7, 11) is 0. The number of carbonyl (C=O) groups excluding carboxylic acids is 1. The highest BCUT2D eigenvalue weighted by atomic mass is 32.1. The van der Waals surface area contributed by atoms with Crippen molar-refractivity contribution in [3.05, 3.63) is 71.5 Å². The summed E-state index contributed by atoms with van der Waals surface area (Å²) in [6, 6.07) is 13.4. The number of amides is 1. The van der Waals surface area contributed by atoms with E-state index in [9.17, 15) is 4.79 Å². The van der Waals surface area contributed by atoms with E-state index in [2.05, 4.69) is 25.7 Å². The molecule has 174 valence electrons. The highest BCUT2D eigenvalue weighted by molar-refractivity contribution is 7.14. The molecule has 1 N–H and O–H groups in total. The predicted molar refractivity (Wildman–Crippen MR) is 134 cm³/mol. The van der Waals surface area contributed by atoms with Crippen molar-refractivity contribution in [1.82, 2.24) is 19.7 Å². The van der Waals surface area contributed by atoms with Gasteiger partial charge in [0.25, 0.3) is 5.91 Å². The van der Waals surface area contributed by atoms with Gasteiger partial charge in [-0.1, -0.05) is 32.0 Å². The molecule has 3 aromatic heterocycles. The smallest absolute Gasteiger partial charge is 0.259 e. The SMILES string of the molecule is CC(C)c1c(C(=O)Nc2ccc(-c3csc(N4CCOCC4)n3)cc2)cnn1-c1ccccn1. The van der Waals surface area contributed by atoms with Gasteiger partial charge in [-0.25, -0.2) is 14.6 Å². The standard InChI is InChI=1S/C25H26N6O2S/c1-17(2)23-20(15-27-31(23)22-5-3-4-10-26-22)24(32)28-19-8-6-18(7-9-19)21-16-34-25(29-21)30-11-13-33-14-12-30/h3-10,15-17H,11-14H2,1-2H3,(H,28,32). The number of rotatable bonds is 6. The molecule has 5 rings (SSSR count). The summed E-state index contributed by atoms with van der Waals surface area (Å²) in [5.74, 6) is 0.592. The van der Waals surface area contributed by atoms with Crippen molar-refractivity contribution in [2.24, 2.45) is 0 Å². The number of carbonyl (C=O) groups is 1. The minimum absolute atomic E-state index is 0.0953. The molecule has 1 fully saturated rings. The van der Waals surface area contributed by atoms with Crippen molar-refractivity contribution in [3.8, 4) is 17.1 Å². The van der Waals surface area contributed by atoms with Crippen molar-refractivity contribution in [1.29, 1.82) is 0 Å². The van der Waals surface area contributed by atoms with Gasteiger partial charge in [0.2, 0.25) is 0 Å². The number of aromatic nitrogens is 4. The van der Waals surface area contributed by atoms with E-state index >= 15 is 0 Å². The zero-order valence-electron chi connectivity index (χ0n) is 19.1. The molecule has 1 aromatic carbocycles. The van der Waals surface area contributed by atoms with Crippen LogP contribution in [0.1, 0.15) is 35.8 Å². The molecule has 9 heteroatoms. The number of pyridine rings is 1. The average molecular weight is 475 g/mol. The fraction of sp³-hybridized carbons (Fsp3) is 0.280. The Morgan fingerprint density at radius 2 is 1.91 bits per heavy atom. The molecule has 0 saturated carbocycles. The zero-order valence-corrected chi connectivity index (χ0v) is 20.0. The van der Waals surface area contributed by atoms with Gasteiger partial charge in [-0.15, -0.1) is 11.3 Å². The first-order chi connectivity index (χ1) is 16.6. The van der Waals surface area contributed by atoms with E-state index in [0.29, 0.717) is 11.4 Å². The van der Waals surface area contributed by atoms with E-state index in [4.69, 9.17) is 9.72 Å². The maximum Gasteiger partial charge on any atom is 0.259 e. The van der Waals surface area contributed by atoms with Gasteiger partial charge in [0.15, 0.2) is 10.9 Å². The minimum Gasteiger partial charge on any atom is -0.378 e. The van der Waals surface area contributed by atoms with E-state index in [1.807, 2.05) is 56.3 Å². The maximum atomic E-state index is 13.1. The summed E-state index contributed by atoms with van der Waals surface area (Å²) >= 11 is 1.64. The molecule has 4 heterocycles. The van der Waals surface area contributed by atoms with Gasteiger partial charge in [-0.3, -0.25) is 4.79 Å². The second kappa shape index (κ2) is 9.74. The first kappa shape index (κ1) is 22.2. The van der Waals surface area contributed by atoms with Crippen molar-refractivity contribution in [2.75, 3.05) is 36.5 Å². The van der Waals surface area contributed by atoms with Gasteiger partial charge in [0, 0.05) is 35.9 Å². The molecule has 34 heavy (non-hydrogen) atoms. The maximum absolute atomic E-state index is 13.1. The van der Waals surface area contributed by atoms with E-state index < -0.39 is 0 Å². The molecular weight excluding hydrogens is 448 g/mol. The van der Waals surface area contributed by atoms with Crippen molar-refractivity contribution >= 4 is 28.1 Å². The second-order valence-corrected chi connectivity index (χ2v) is 9.18. The van der Waals surface area contributed by atoms with Gasteiger partial charge in [0.1, 0.15) is 0 Å². The number of hydrogen-bond donors (Lipinski definition) is 1. The number of ether oxygens (including phenoxy) is 1. The molecule has 0 bridgehead atoms. The number of benzene rings is 1. The lowest BCUT2D eigenvalue weighted by atomic mass is 10.1. The zero-order chi connectivity index (χ0) is 23.5. The Kier molecular flexibility index (Phi) is 6.37. The van der Waals surface area contributed by atoms with Crippen molar-refractivity contribution in [3.63, 3.8) is 0 Å². The van der Waals surface area contributed by atoms with Crippen LogP contribution in [0.4, 0.5) is 10.8 Å². The monoisotopic (exact) mass is 474 g/mol. The van der Waals surface area contributed by atoms with Crippen LogP contribution in [0.3, 0.4) is 0 Å². The van der Waals surface area contributed by atoms with Crippen LogP contribution < -0.4 is 10.2 Å². The Bertz CT molecular complexity index is 1260. The van der Waals surface area contributed by atoms with Crippen LogP contribution in [0.2, 0.25) is 0 Å². The van der Waals surface area contributed by atoms with E-state index in [-0.39, 0.29) is 11.8 Å². The number of nitrogens with one attached hydrogen (secondary N) is 1. The number of anilines is 2. The molecule has 1 aliphatic heterocycles. The van der Waals surface area contributed by atoms with E-state index in [1.165, 1.54) is 0 Å². The van der Waals surface area contributed by atoms with Crippen LogP contribution in [0, 0.1) is 0 Å². The predicted octanol–water partition coefficient (Wildman–Crippen LogP) is 4.60. The lowest BCUT2D eigenvalue weighted by Gasteiger charge is -2.26. The molecule has 0 spiro atoms. The van der Waals surface area contributed by atoms with Gasteiger partial charge in [-0.05, 0) is 30.2 Å². The highest BCUT2D eigenvalue weighted by Gasteiger charge is 2.21. The summed E-state index contributed by atoms with van der Waals surface area (Å²) < 4.78 is 7.16. The first-order valence-corrected chi connectivity index (χ1v) is 12.2. The number of nitrogens with zero attached hydrogens (tertiary/aromatic N) is 5. The van der Waals surface area contributed by atoms with Crippen molar-refractivity contribution in [2.45, 2.75) is 19.8 Å². The quantitative estimate of drug-likeness (QED) is 0.440. The van der Waals surface area contributed by atoms with Gasteiger partial charge >= 0.3 is 0 Å². The molecule has 0 atom stereocenters. The third-order valence-corrected chi connectivity index (χ3v) is 6.58. The Hall–Kier alpha value is -3.56. The lowest BCUT2D eigenvalue weighted by Crippen LogP contribution is -2.36. The third kappa shape index (κ3) is 4.57. The number of thiazole rings is 1. The summed E-state index contributed by atoms with van der Waals surface area (Å²) in [5.41, 5.74) is 4.03. The van der Waals surface area contributed by atoms with Crippen LogP contribution in [-0.2, 0) is 4.74 Å². The van der Waals surface area contributed by atoms with Gasteiger partial charge in [0.05, 0.1) is 36.4 Å². The molecule has 4 aromatic rings. The summed E-state index contributed by atoms with van der Waals surface area (Å²) in [5, 5.41) is 10.5. The summed E-state index contributed by atoms with van der Waals surface area (Å²) in [4.78, 5) is 24.5.